The molecular formula is C21H29N7O3. The number of hydrogen-bond acceptors (Lipinski definition) is 7. The third-order valence-electron chi connectivity index (χ3n) is 5.15. The molecule has 3 aromatic rings. The van der Waals surface area contributed by atoms with Gasteiger partial charge < -0.3 is 20.1 Å². The Bertz CT molecular complexity index is 1050. The third-order valence-corrected chi connectivity index (χ3v) is 5.15. The largest absolute Gasteiger partial charge is 0.446 e. The van der Waals surface area contributed by atoms with E-state index in [1.807, 2.05) is 32.9 Å². The maximum Gasteiger partial charge on any atom is 0.407 e. The van der Waals surface area contributed by atoms with Crippen LogP contribution < -0.4 is 10.6 Å². The van der Waals surface area contributed by atoms with Gasteiger partial charge in [0, 0.05) is 42.7 Å². The molecule has 166 valence electrons. The second-order valence-electron chi connectivity index (χ2n) is 8.92. The number of nitrogens with one attached hydrogen (secondary N) is 3. The average molecular weight is 428 g/mol. The van der Waals surface area contributed by atoms with E-state index >= 15 is 0 Å². The Labute approximate surface area is 180 Å². The van der Waals surface area contributed by atoms with Crippen LogP contribution in [0.4, 0.5) is 16.4 Å². The molecule has 0 aliphatic heterocycles. The number of alkyl carbamates (subject to hydrolysis) is 1. The van der Waals surface area contributed by atoms with E-state index in [2.05, 4.69) is 30.9 Å². The van der Waals surface area contributed by atoms with Crippen molar-refractivity contribution in [2.24, 2.45) is 0 Å². The van der Waals surface area contributed by atoms with Crippen molar-refractivity contribution in [2.75, 3.05) is 12.4 Å². The van der Waals surface area contributed by atoms with Crippen molar-refractivity contribution in [3.8, 4) is 0 Å². The van der Waals surface area contributed by atoms with Gasteiger partial charge in [-0.25, -0.2) is 14.3 Å². The van der Waals surface area contributed by atoms with Crippen LogP contribution in [-0.4, -0.2) is 49.6 Å². The lowest BCUT2D eigenvalue weighted by atomic mass is 10.0. The highest BCUT2D eigenvalue weighted by molar-refractivity contribution is 5.72. The number of anilines is 2. The first-order chi connectivity index (χ1) is 14.8. The quantitative estimate of drug-likeness (QED) is 0.551. The van der Waals surface area contributed by atoms with E-state index in [1.54, 1.807) is 24.0 Å². The predicted octanol–water partition coefficient (Wildman–Crippen LogP) is 3.50. The van der Waals surface area contributed by atoms with Crippen molar-refractivity contribution in [1.29, 1.82) is 0 Å². The molecule has 3 aromatic heterocycles. The highest BCUT2D eigenvalue weighted by Crippen LogP contribution is 2.36. The molecule has 1 aliphatic rings. The van der Waals surface area contributed by atoms with Crippen molar-refractivity contribution in [3.63, 3.8) is 0 Å². The molecule has 1 amide bonds. The molecule has 3 N–H and O–H groups in total. The fourth-order valence-electron chi connectivity index (χ4n) is 3.84. The lowest BCUT2D eigenvalue weighted by Gasteiger charge is -2.22. The van der Waals surface area contributed by atoms with Gasteiger partial charge in [-0.3, -0.25) is 5.10 Å². The average Bonchev–Trinajstić information content (AvgIpc) is 3.40. The van der Waals surface area contributed by atoms with Crippen LogP contribution in [0.2, 0.25) is 0 Å². The lowest BCUT2D eigenvalue weighted by molar-refractivity contribution is 0.0937. The maximum atomic E-state index is 12.0. The molecule has 0 radical (unpaired) electrons. The summed E-state index contributed by atoms with van der Waals surface area (Å²) < 4.78 is 12.5. The minimum absolute atomic E-state index is 0.0894. The molecule has 0 bridgehead atoms. The van der Waals surface area contributed by atoms with Gasteiger partial charge >= 0.3 is 6.09 Å². The second kappa shape index (κ2) is 8.54. The fraction of sp³-hybridized carbons (Fsp3) is 0.524. The van der Waals surface area contributed by atoms with Gasteiger partial charge in [0.05, 0.1) is 12.3 Å². The number of nitrogens with zero attached hydrogens (tertiary/aromatic N) is 4. The second-order valence-corrected chi connectivity index (χ2v) is 8.92. The molecule has 4 rings (SSSR count). The van der Waals surface area contributed by atoms with E-state index in [0.717, 1.165) is 36.2 Å². The number of aromatic amines is 1. The van der Waals surface area contributed by atoms with Crippen LogP contribution in [0.25, 0.3) is 5.52 Å². The van der Waals surface area contributed by atoms with E-state index in [9.17, 15) is 4.79 Å². The van der Waals surface area contributed by atoms with Crippen LogP contribution in [0.3, 0.4) is 0 Å². The zero-order valence-electron chi connectivity index (χ0n) is 18.3. The summed E-state index contributed by atoms with van der Waals surface area (Å²) in [7, 11) is 1.64. The van der Waals surface area contributed by atoms with Crippen molar-refractivity contribution >= 4 is 23.2 Å². The molecule has 0 spiro atoms. The topological polar surface area (TPSA) is 118 Å². The molecule has 0 saturated heterocycles. The van der Waals surface area contributed by atoms with Gasteiger partial charge in [0.25, 0.3) is 0 Å². The summed E-state index contributed by atoms with van der Waals surface area (Å²) in [6, 6.07) is 3.92. The van der Waals surface area contributed by atoms with E-state index in [4.69, 9.17) is 9.47 Å². The molecule has 10 heteroatoms. The SMILES string of the molecule is COCc1cc2c(Nc3cc([C@H]4CC[C@@H](OC(=O)NC(C)(C)C)C4)[nH]n3)nccn2n1. The number of amides is 1. The number of hydrogen-bond donors (Lipinski definition) is 3. The number of carbonyl (C=O) groups is 1. The van der Waals surface area contributed by atoms with Crippen molar-refractivity contribution in [1.82, 2.24) is 30.1 Å². The summed E-state index contributed by atoms with van der Waals surface area (Å²) in [6.07, 6.45) is 5.58. The Hall–Kier alpha value is -3.14. The molecule has 10 nitrogen and oxygen atoms in total. The summed E-state index contributed by atoms with van der Waals surface area (Å²) in [5.41, 5.74) is 2.38. The molecule has 0 unspecified atom stereocenters. The number of ether oxygens (including phenoxy) is 2. The third kappa shape index (κ3) is 5.13. The van der Waals surface area contributed by atoms with Gasteiger partial charge in [-0.05, 0) is 46.1 Å². The van der Waals surface area contributed by atoms with E-state index in [1.165, 1.54) is 0 Å². The van der Waals surface area contributed by atoms with Gasteiger partial charge in [-0.2, -0.15) is 10.2 Å². The van der Waals surface area contributed by atoms with Gasteiger partial charge in [-0.15, -0.1) is 0 Å². The Balaban J connectivity index is 1.39. The summed E-state index contributed by atoms with van der Waals surface area (Å²) in [5, 5.41) is 18.1. The number of methoxy groups -OCH3 is 1. The standard InChI is InChI=1S/C21H29N7O3/c1-21(2,3)24-20(29)31-15-6-5-13(9-15)16-11-18(26-25-16)23-19-17-10-14(12-30-4)27-28(17)8-7-22-19/h7-8,10-11,13,15H,5-6,9,12H2,1-4H3,(H,24,29)(H2,22,23,25,26)/t13-,15+/m0/s1. The van der Waals surface area contributed by atoms with Crippen LogP contribution in [0.1, 0.15) is 57.3 Å². The molecule has 1 saturated carbocycles. The molecule has 1 aliphatic carbocycles. The maximum absolute atomic E-state index is 12.0. The highest BCUT2D eigenvalue weighted by Gasteiger charge is 2.30. The Kier molecular flexibility index (Phi) is 5.81. The van der Waals surface area contributed by atoms with Crippen LogP contribution in [0, 0.1) is 0 Å². The van der Waals surface area contributed by atoms with Gasteiger partial charge in [0.15, 0.2) is 11.6 Å². The molecule has 0 aromatic carbocycles. The zero-order valence-corrected chi connectivity index (χ0v) is 18.3. The summed E-state index contributed by atoms with van der Waals surface area (Å²) in [6.45, 7) is 6.24. The number of rotatable bonds is 6. The molecular weight excluding hydrogens is 398 g/mol. The predicted molar refractivity (Wildman–Crippen MR) is 115 cm³/mol. The monoisotopic (exact) mass is 427 g/mol. The fourth-order valence-corrected chi connectivity index (χ4v) is 3.84. The van der Waals surface area contributed by atoms with Crippen molar-refractivity contribution < 1.29 is 14.3 Å². The number of aromatic nitrogens is 5. The van der Waals surface area contributed by atoms with Crippen LogP contribution >= 0.6 is 0 Å². The van der Waals surface area contributed by atoms with Gasteiger partial charge in [-0.1, -0.05) is 0 Å². The molecule has 2 atom stereocenters. The zero-order chi connectivity index (χ0) is 22.0. The van der Waals surface area contributed by atoms with Crippen LogP contribution in [-0.2, 0) is 16.1 Å². The van der Waals surface area contributed by atoms with Gasteiger partial charge in [0.1, 0.15) is 11.6 Å². The summed E-state index contributed by atoms with van der Waals surface area (Å²) in [4.78, 5) is 16.5. The summed E-state index contributed by atoms with van der Waals surface area (Å²) in [5.74, 6) is 1.62. The van der Waals surface area contributed by atoms with Crippen LogP contribution in [0.15, 0.2) is 24.5 Å². The molecule has 3 heterocycles. The highest BCUT2D eigenvalue weighted by atomic mass is 16.6. The first-order valence-electron chi connectivity index (χ1n) is 10.4. The first-order valence-corrected chi connectivity index (χ1v) is 10.4. The minimum Gasteiger partial charge on any atom is -0.446 e. The minimum atomic E-state index is -0.363. The first kappa shape index (κ1) is 21.1. The number of carbonyl (C=O) groups excluding carboxylic acids is 1. The number of H-pyrrole nitrogens is 1. The Morgan fingerprint density at radius 3 is 2.94 bits per heavy atom. The Morgan fingerprint density at radius 1 is 1.32 bits per heavy atom. The van der Waals surface area contributed by atoms with Crippen molar-refractivity contribution in [2.45, 2.75) is 64.2 Å². The molecule has 31 heavy (non-hydrogen) atoms. The molecule has 1 fully saturated rings. The Morgan fingerprint density at radius 2 is 2.16 bits per heavy atom. The van der Waals surface area contributed by atoms with E-state index in [0.29, 0.717) is 18.2 Å². The smallest absolute Gasteiger partial charge is 0.407 e. The number of fused-ring (bicyclic) bond motifs is 1. The normalized spacial score (nSPS) is 19.0. The van der Waals surface area contributed by atoms with Crippen molar-refractivity contribution in [3.05, 3.63) is 35.9 Å². The van der Waals surface area contributed by atoms with E-state index < -0.39 is 0 Å². The lowest BCUT2D eigenvalue weighted by Crippen LogP contribution is -2.42. The van der Waals surface area contributed by atoms with E-state index in [-0.39, 0.29) is 23.7 Å². The van der Waals surface area contributed by atoms with Gasteiger partial charge in [0.2, 0.25) is 0 Å². The summed E-state index contributed by atoms with van der Waals surface area (Å²) >= 11 is 0. The van der Waals surface area contributed by atoms with Crippen LogP contribution in [0.5, 0.6) is 0 Å².